The van der Waals surface area contributed by atoms with Gasteiger partial charge in [-0.25, -0.2) is 0 Å². The summed E-state index contributed by atoms with van der Waals surface area (Å²) in [6.07, 6.45) is 5.28. The van der Waals surface area contributed by atoms with Crippen molar-refractivity contribution in [1.82, 2.24) is 9.80 Å². The average Bonchev–Trinajstić information content (AvgIpc) is 2.87. The lowest BCUT2D eigenvalue weighted by Gasteiger charge is -2.44. The summed E-state index contributed by atoms with van der Waals surface area (Å²) in [5.41, 5.74) is 0.471. The molecule has 1 unspecified atom stereocenters. The van der Waals surface area contributed by atoms with Crippen molar-refractivity contribution in [3.8, 4) is 0 Å². The Hall–Kier alpha value is 0.360. The van der Waals surface area contributed by atoms with Crippen LogP contribution in [0.5, 0.6) is 0 Å². The van der Waals surface area contributed by atoms with Gasteiger partial charge in [0.1, 0.15) is 0 Å². The molecule has 4 heteroatoms. The van der Waals surface area contributed by atoms with E-state index >= 15 is 0 Å². The van der Waals surface area contributed by atoms with Crippen molar-refractivity contribution in [3.05, 3.63) is 0 Å². The summed E-state index contributed by atoms with van der Waals surface area (Å²) in [4.78, 5) is 5.42. The Morgan fingerprint density at radius 1 is 1.17 bits per heavy atom. The minimum Gasteiger partial charge on any atom is -0.381 e. The van der Waals surface area contributed by atoms with Crippen LogP contribution in [0.1, 0.15) is 25.7 Å². The molecule has 0 radical (unpaired) electrons. The number of halogens is 1. The highest BCUT2D eigenvalue weighted by molar-refractivity contribution is 9.09. The molecule has 0 aliphatic carbocycles. The van der Waals surface area contributed by atoms with Gasteiger partial charge in [-0.15, -0.1) is 0 Å². The van der Waals surface area contributed by atoms with Gasteiger partial charge in [-0.3, -0.25) is 9.80 Å². The number of ether oxygens (including phenoxy) is 1. The molecule has 18 heavy (non-hydrogen) atoms. The smallest absolute Gasteiger partial charge is 0.0472 e. The Balaban J connectivity index is 1.58. The van der Waals surface area contributed by atoms with Crippen molar-refractivity contribution in [2.45, 2.75) is 31.7 Å². The third-order valence-electron chi connectivity index (χ3n) is 5.07. The first-order chi connectivity index (χ1) is 8.81. The molecule has 0 spiro atoms. The van der Waals surface area contributed by atoms with E-state index in [1.807, 2.05) is 0 Å². The van der Waals surface area contributed by atoms with Gasteiger partial charge in [0.25, 0.3) is 0 Å². The molecule has 3 nitrogen and oxygen atoms in total. The molecule has 3 heterocycles. The minimum absolute atomic E-state index is 0.471. The molecule has 1 atom stereocenters. The first-order valence-electron chi connectivity index (χ1n) is 7.41. The summed E-state index contributed by atoms with van der Waals surface area (Å²) in [7, 11) is 0. The number of rotatable bonds is 3. The zero-order valence-corrected chi connectivity index (χ0v) is 12.8. The first kappa shape index (κ1) is 13.3. The third kappa shape index (κ3) is 2.77. The number of fused-ring (bicyclic) bond motifs is 1. The van der Waals surface area contributed by atoms with Crippen molar-refractivity contribution in [2.24, 2.45) is 5.41 Å². The minimum atomic E-state index is 0.471. The molecule has 0 aromatic carbocycles. The fourth-order valence-corrected chi connectivity index (χ4v) is 4.55. The van der Waals surface area contributed by atoms with Crippen molar-refractivity contribution in [1.29, 1.82) is 0 Å². The lowest BCUT2D eigenvalue weighted by atomic mass is 9.81. The van der Waals surface area contributed by atoms with Crippen LogP contribution in [-0.4, -0.2) is 67.1 Å². The standard InChI is InChI=1S/C14H25BrN2O/c15-11-14(3-8-18-9-4-14)12-16-6-7-17-5-1-2-13(17)10-16/h13H,1-12H2. The molecule has 3 fully saturated rings. The van der Waals surface area contributed by atoms with Gasteiger partial charge < -0.3 is 4.74 Å². The number of alkyl halides is 1. The molecular formula is C14H25BrN2O. The normalized spacial score (nSPS) is 33.5. The third-order valence-corrected chi connectivity index (χ3v) is 6.26. The van der Waals surface area contributed by atoms with Crippen LogP contribution in [0, 0.1) is 5.41 Å². The van der Waals surface area contributed by atoms with E-state index in [9.17, 15) is 0 Å². The van der Waals surface area contributed by atoms with Crippen LogP contribution >= 0.6 is 15.9 Å². The zero-order valence-electron chi connectivity index (χ0n) is 11.2. The van der Waals surface area contributed by atoms with Crippen LogP contribution in [0.2, 0.25) is 0 Å². The van der Waals surface area contributed by atoms with Crippen LogP contribution in [-0.2, 0) is 4.74 Å². The predicted octanol–water partition coefficient (Wildman–Crippen LogP) is 1.96. The van der Waals surface area contributed by atoms with Gasteiger partial charge in [-0.1, -0.05) is 15.9 Å². The highest BCUT2D eigenvalue weighted by Crippen LogP contribution is 2.34. The lowest BCUT2D eigenvalue weighted by molar-refractivity contribution is -0.00506. The summed E-state index contributed by atoms with van der Waals surface area (Å²) >= 11 is 3.76. The number of hydrogen-bond acceptors (Lipinski definition) is 3. The molecule has 0 amide bonds. The first-order valence-corrected chi connectivity index (χ1v) is 8.54. The quantitative estimate of drug-likeness (QED) is 0.740. The van der Waals surface area contributed by atoms with Gasteiger partial charge >= 0.3 is 0 Å². The summed E-state index contributed by atoms with van der Waals surface area (Å²) in [6, 6.07) is 0.853. The van der Waals surface area contributed by atoms with Crippen LogP contribution < -0.4 is 0 Å². The van der Waals surface area contributed by atoms with E-state index in [0.717, 1.165) is 24.6 Å². The van der Waals surface area contributed by atoms with E-state index in [4.69, 9.17) is 4.74 Å². The predicted molar refractivity (Wildman–Crippen MR) is 77.3 cm³/mol. The Bertz CT molecular complexity index is 281. The second kappa shape index (κ2) is 5.78. The molecule has 0 aromatic rings. The topological polar surface area (TPSA) is 15.7 Å². The second-order valence-corrected chi connectivity index (χ2v) is 6.87. The van der Waals surface area contributed by atoms with Gasteiger partial charge in [0.15, 0.2) is 0 Å². The molecule has 3 rings (SSSR count). The molecule has 0 saturated carbocycles. The molecule has 3 aliphatic heterocycles. The summed E-state index contributed by atoms with van der Waals surface area (Å²) < 4.78 is 5.54. The van der Waals surface area contributed by atoms with E-state index in [2.05, 4.69) is 25.7 Å². The molecule has 3 saturated heterocycles. The summed E-state index contributed by atoms with van der Waals surface area (Å²) in [6.45, 7) is 8.38. The van der Waals surface area contributed by atoms with Gasteiger partial charge in [0, 0.05) is 50.8 Å². The maximum Gasteiger partial charge on any atom is 0.0472 e. The molecule has 0 bridgehead atoms. The lowest BCUT2D eigenvalue weighted by Crippen LogP contribution is -2.53. The Morgan fingerprint density at radius 2 is 2.00 bits per heavy atom. The highest BCUT2D eigenvalue weighted by atomic mass is 79.9. The van der Waals surface area contributed by atoms with Crippen molar-refractivity contribution in [2.75, 3.05) is 51.3 Å². The maximum atomic E-state index is 5.54. The molecular weight excluding hydrogens is 292 g/mol. The molecule has 0 N–H and O–H groups in total. The van der Waals surface area contributed by atoms with Gasteiger partial charge in [0.05, 0.1) is 0 Å². The van der Waals surface area contributed by atoms with Crippen molar-refractivity contribution < 1.29 is 4.74 Å². The largest absolute Gasteiger partial charge is 0.381 e. The molecule has 104 valence electrons. The van der Waals surface area contributed by atoms with Gasteiger partial charge in [-0.05, 0) is 37.6 Å². The Morgan fingerprint density at radius 3 is 2.78 bits per heavy atom. The van der Waals surface area contributed by atoms with Gasteiger partial charge in [0.2, 0.25) is 0 Å². The Kier molecular flexibility index (Phi) is 4.28. The molecule has 0 aromatic heterocycles. The van der Waals surface area contributed by atoms with Crippen LogP contribution in [0.3, 0.4) is 0 Å². The van der Waals surface area contributed by atoms with E-state index in [1.165, 1.54) is 58.4 Å². The van der Waals surface area contributed by atoms with Crippen LogP contribution in [0.15, 0.2) is 0 Å². The second-order valence-electron chi connectivity index (χ2n) is 6.31. The summed E-state index contributed by atoms with van der Waals surface area (Å²) in [5, 5.41) is 1.13. The summed E-state index contributed by atoms with van der Waals surface area (Å²) in [5.74, 6) is 0. The maximum absolute atomic E-state index is 5.54. The van der Waals surface area contributed by atoms with Crippen LogP contribution in [0.4, 0.5) is 0 Å². The van der Waals surface area contributed by atoms with Crippen molar-refractivity contribution >= 4 is 15.9 Å². The van der Waals surface area contributed by atoms with E-state index in [-0.39, 0.29) is 0 Å². The highest BCUT2D eigenvalue weighted by Gasteiger charge is 2.37. The molecule has 3 aliphatic rings. The number of nitrogens with zero attached hydrogens (tertiary/aromatic N) is 2. The van der Waals surface area contributed by atoms with E-state index < -0.39 is 0 Å². The van der Waals surface area contributed by atoms with E-state index in [0.29, 0.717) is 5.41 Å². The fourth-order valence-electron chi connectivity index (χ4n) is 3.81. The fraction of sp³-hybridized carbons (Fsp3) is 1.00. The van der Waals surface area contributed by atoms with Gasteiger partial charge in [-0.2, -0.15) is 0 Å². The van der Waals surface area contributed by atoms with E-state index in [1.54, 1.807) is 0 Å². The number of hydrogen-bond donors (Lipinski definition) is 0. The Labute approximate surface area is 119 Å². The average molecular weight is 317 g/mol. The van der Waals surface area contributed by atoms with Crippen LogP contribution in [0.25, 0.3) is 0 Å². The number of piperazine rings is 1. The monoisotopic (exact) mass is 316 g/mol. The zero-order chi connectivity index (χ0) is 12.4. The SMILES string of the molecule is BrCC1(CN2CCN3CCCC3C2)CCOCC1. The van der Waals surface area contributed by atoms with Crippen molar-refractivity contribution in [3.63, 3.8) is 0 Å².